The van der Waals surface area contributed by atoms with Gasteiger partial charge in [0.25, 0.3) is 0 Å². The van der Waals surface area contributed by atoms with Crippen LogP contribution in [-0.2, 0) is 9.53 Å². The second-order valence-corrected chi connectivity index (χ2v) is 6.55. The van der Waals surface area contributed by atoms with Crippen molar-refractivity contribution in [2.75, 3.05) is 5.32 Å². The average molecular weight is 339 g/mol. The molecule has 7 heteroatoms. The van der Waals surface area contributed by atoms with E-state index in [0.717, 1.165) is 11.1 Å². The first-order chi connectivity index (χ1) is 11.8. The van der Waals surface area contributed by atoms with Gasteiger partial charge in [-0.05, 0) is 39.3 Å². The molecular formula is C18H21N5O2. The highest BCUT2D eigenvalue weighted by atomic mass is 16.6. The largest absolute Gasteiger partial charge is 0.451 e. The lowest BCUT2D eigenvalue weighted by Crippen LogP contribution is -2.35. The third-order valence-corrected chi connectivity index (χ3v) is 3.24. The van der Waals surface area contributed by atoms with Crippen molar-refractivity contribution in [2.45, 2.75) is 39.3 Å². The zero-order valence-corrected chi connectivity index (χ0v) is 14.7. The van der Waals surface area contributed by atoms with Crippen LogP contribution in [0.5, 0.6) is 0 Å². The number of aryl methyl sites for hydroxylation is 1. The molecule has 2 rings (SSSR count). The maximum atomic E-state index is 12.5. The fourth-order valence-electron chi connectivity index (χ4n) is 2.12. The van der Waals surface area contributed by atoms with Gasteiger partial charge in [0, 0.05) is 12.4 Å². The average Bonchev–Trinajstić information content (AvgIpc) is 2.55. The molecule has 0 aliphatic carbocycles. The zero-order chi connectivity index (χ0) is 18.4. The van der Waals surface area contributed by atoms with Gasteiger partial charge in [0.2, 0.25) is 5.95 Å². The molecule has 25 heavy (non-hydrogen) atoms. The van der Waals surface area contributed by atoms with Crippen molar-refractivity contribution in [3.8, 4) is 0 Å². The number of hydrogen-bond acceptors (Lipinski definition) is 5. The van der Waals surface area contributed by atoms with Crippen LogP contribution < -0.4 is 5.32 Å². The van der Waals surface area contributed by atoms with Crippen molar-refractivity contribution in [2.24, 2.45) is 0 Å². The molecule has 0 spiro atoms. The van der Waals surface area contributed by atoms with E-state index >= 15 is 0 Å². The SMILES string of the molecule is Cc1ccc(C(Nc2ncccn2)C(=[N+]=[N-])C(=O)OC(C)(C)C)cc1. The van der Waals surface area contributed by atoms with Gasteiger partial charge in [-0.15, -0.1) is 0 Å². The summed E-state index contributed by atoms with van der Waals surface area (Å²) in [5, 5.41) is 3.02. The van der Waals surface area contributed by atoms with Crippen LogP contribution in [0.1, 0.15) is 37.9 Å². The highest BCUT2D eigenvalue weighted by Gasteiger charge is 2.37. The summed E-state index contributed by atoms with van der Waals surface area (Å²) in [6, 6.07) is 8.40. The van der Waals surface area contributed by atoms with Gasteiger partial charge in [-0.3, -0.25) is 0 Å². The van der Waals surface area contributed by atoms with E-state index in [1.54, 1.807) is 39.2 Å². The molecule has 0 fully saturated rings. The number of nitrogens with zero attached hydrogens (tertiary/aromatic N) is 4. The number of carbonyl (C=O) groups excluding carboxylic acids is 1. The molecule has 0 bridgehead atoms. The van der Waals surface area contributed by atoms with E-state index in [1.807, 2.05) is 31.2 Å². The Kier molecular flexibility index (Phi) is 5.62. The van der Waals surface area contributed by atoms with E-state index in [9.17, 15) is 10.3 Å². The molecule has 1 atom stereocenters. The monoisotopic (exact) mass is 339 g/mol. The van der Waals surface area contributed by atoms with Gasteiger partial charge in [0.1, 0.15) is 5.60 Å². The van der Waals surface area contributed by atoms with E-state index < -0.39 is 17.6 Å². The van der Waals surface area contributed by atoms with Crippen LogP contribution in [0, 0.1) is 6.92 Å². The summed E-state index contributed by atoms with van der Waals surface area (Å²) in [4.78, 5) is 23.9. The highest BCUT2D eigenvalue weighted by molar-refractivity contribution is 6.36. The summed E-state index contributed by atoms with van der Waals surface area (Å²) in [5.74, 6) is -0.415. The molecule has 2 aromatic rings. The fourth-order valence-corrected chi connectivity index (χ4v) is 2.12. The number of carbonyl (C=O) groups is 1. The van der Waals surface area contributed by atoms with Crippen LogP contribution in [0.4, 0.5) is 5.95 Å². The van der Waals surface area contributed by atoms with Gasteiger partial charge < -0.3 is 15.6 Å². The number of hydrogen-bond donors (Lipinski definition) is 1. The lowest BCUT2D eigenvalue weighted by atomic mass is 10.0. The van der Waals surface area contributed by atoms with E-state index in [-0.39, 0.29) is 5.71 Å². The summed E-state index contributed by atoms with van der Waals surface area (Å²) in [7, 11) is 0. The standard InChI is InChI=1S/C18H21N5O2/c1-12-6-8-13(9-7-12)14(22-17-20-10-5-11-21-17)15(23-19)16(24)25-18(2,3)4/h5-11,14H,1-4H3,(H,20,21,22). The molecule has 1 unspecified atom stereocenters. The second-order valence-electron chi connectivity index (χ2n) is 6.55. The lowest BCUT2D eigenvalue weighted by Gasteiger charge is -2.20. The minimum atomic E-state index is -0.761. The van der Waals surface area contributed by atoms with Crippen LogP contribution in [-0.4, -0.2) is 32.0 Å². The predicted molar refractivity (Wildman–Crippen MR) is 94.0 cm³/mol. The smallest absolute Gasteiger partial charge is 0.420 e. The van der Waals surface area contributed by atoms with Gasteiger partial charge in [0.15, 0.2) is 6.04 Å². The highest BCUT2D eigenvalue weighted by Crippen LogP contribution is 2.21. The topological polar surface area (TPSA) is 101 Å². The third kappa shape index (κ3) is 5.22. The zero-order valence-electron chi connectivity index (χ0n) is 14.7. The Morgan fingerprint density at radius 2 is 1.80 bits per heavy atom. The van der Waals surface area contributed by atoms with Crippen molar-refractivity contribution in [1.82, 2.24) is 9.97 Å². The summed E-state index contributed by atoms with van der Waals surface area (Å²) >= 11 is 0. The van der Waals surface area contributed by atoms with Crippen LogP contribution in [0.2, 0.25) is 0 Å². The molecule has 0 saturated carbocycles. The van der Waals surface area contributed by atoms with E-state index in [0.29, 0.717) is 5.95 Å². The Balaban J connectivity index is 2.40. The van der Waals surface area contributed by atoms with Gasteiger partial charge in [-0.1, -0.05) is 29.8 Å². The molecule has 1 N–H and O–H groups in total. The van der Waals surface area contributed by atoms with E-state index in [1.165, 1.54) is 0 Å². The van der Waals surface area contributed by atoms with Gasteiger partial charge in [-0.2, -0.15) is 4.79 Å². The van der Waals surface area contributed by atoms with Crippen molar-refractivity contribution < 1.29 is 14.3 Å². The first-order valence-electron chi connectivity index (χ1n) is 7.85. The maximum absolute atomic E-state index is 12.5. The number of rotatable bonds is 5. The van der Waals surface area contributed by atoms with Crippen LogP contribution in [0.25, 0.3) is 5.53 Å². The van der Waals surface area contributed by atoms with Crippen LogP contribution >= 0.6 is 0 Å². The molecule has 130 valence electrons. The first-order valence-corrected chi connectivity index (χ1v) is 7.85. The third-order valence-electron chi connectivity index (χ3n) is 3.24. The Morgan fingerprint density at radius 1 is 1.20 bits per heavy atom. The molecule has 0 radical (unpaired) electrons. The Bertz CT molecular complexity index is 775. The number of benzene rings is 1. The van der Waals surface area contributed by atoms with Crippen molar-refractivity contribution in [3.05, 3.63) is 59.4 Å². The Labute approximate surface area is 146 Å². The Hall–Kier alpha value is -3.05. The van der Waals surface area contributed by atoms with E-state index in [2.05, 4.69) is 20.1 Å². The predicted octanol–water partition coefficient (Wildman–Crippen LogP) is 2.95. The molecule has 0 amide bonds. The summed E-state index contributed by atoms with van der Waals surface area (Å²) in [6.45, 7) is 7.19. The number of nitrogens with one attached hydrogen (secondary N) is 1. The second kappa shape index (κ2) is 7.68. The number of ether oxygens (including phenoxy) is 1. The Morgan fingerprint density at radius 3 is 2.32 bits per heavy atom. The van der Waals surface area contributed by atoms with Crippen molar-refractivity contribution in [1.29, 1.82) is 0 Å². The minimum absolute atomic E-state index is 0.175. The lowest BCUT2D eigenvalue weighted by molar-refractivity contribution is -0.151. The minimum Gasteiger partial charge on any atom is -0.451 e. The number of aromatic nitrogens is 2. The molecule has 1 heterocycles. The fraction of sp³-hybridized carbons (Fsp3) is 0.333. The van der Waals surface area contributed by atoms with Gasteiger partial charge in [-0.25, -0.2) is 14.8 Å². The van der Waals surface area contributed by atoms with Gasteiger partial charge >= 0.3 is 11.7 Å². The maximum Gasteiger partial charge on any atom is 0.420 e. The molecule has 1 aromatic heterocycles. The molecular weight excluding hydrogens is 318 g/mol. The van der Waals surface area contributed by atoms with Crippen LogP contribution in [0.15, 0.2) is 42.7 Å². The number of anilines is 1. The van der Waals surface area contributed by atoms with Crippen molar-refractivity contribution >= 4 is 17.6 Å². The van der Waals surface area contributed by atoms with Crippen molar-refractivity contribution in [3.63, 3.8) is 0 Å². The van der Waals surface area contributed by atoms with Crippen LogP contribution in [0.3, 0.4) is 0 Å². The first kappa shape index (κ1) is 18.3. The summed E-state index contributed by atoms with van der Waals surface area (Å²) in [6.07, 6.45) is 3.15. The normalized spacial score (nSPS) is 12.0. The molecule has 0 aliphatic rings. The summed E-state index contributed by atoms with van der Waals surface area (Å²) < 4.78 is 5.34. The van der Waals surface area contributed by atoms with E-state index in [4.69, 9.17) is 4.74 Å². The quantitative estimate of drug-likeness (QED) is 0.391. The molecule has 0 aliphatic heterocycles. The molecule has 0 saturated heterocycles. The molecule has 7 nitrogen and oxygen atoms in total. The van der Waals surface area contributed by atoms with Gasteiger partial charge in [0.05, 0.1) is 0 Å². The number of esters is 1. The molecule has 1 aromatic carbocycles. The summed E-state index contributed by atoms with van der Waals surface area (Å²) in [5.41, 5.74) is 10.4.